The first kappa shape index (κ1) is 13.9. The van der Waals surface area contributed by atoms with Crippen LogP contribution in [-0.2, 0) is 4.79 Å². The van der Waals surface area contributed by atoms with Gasteiger partial charge in [0.1, 0.15) is 5.75 Å². The van der Waals surface area contributed by atoms with Crippen LogP contribution >= 0.6 is 0 Å². The molecule has 1 unspecified atom stereocenters. The molecule has 1 aliphatic rings. The van der Waals surface area contributed by atoms with E-state index in [0.717, 1.165) is 11.4 Å². The van der Waals surface area contributed by atoms with Crippen LogP contribution in [0, 0.1) is 5.92 Å². The molecule has 2 rings (SSSR count). The second kappa shape index (κ2) is 5.21. The fourth-order valence-electron chi connectivity index (χ4n) is 2.76. The topological polar surface area (TPSA) is 55.6 Å². The maximum absolute atomic E-state index is 12.2. The number of hydrogen-bond acceptors (Lipinski definition) is 3. The zero-order valence-corrected chi connectivity index (χ0v) is 11.8. The lowest BCUT2D eigenvalue weighted by molar-refractivity contribution is -0.117. The SMILES string of the molecule is CCOc1ccc(N2C(=O)CC(CN)C2(C)C)cc1. The van der Waals surface area contributed by atoms with E-state index in [4.69, 9.17) is 10.5 Å². The number of benzene rings is 1. The highest BCUT2D eigenvalue weighted by molar-refractivity contribution is 5.97. The highest BCUT2D eigenvalue weighted by Crippen LogP contribution is 2.38. The van der Waals surface area contributed by atoms with Crippen LogP contribution in [-0.4, -0.2) is 24.6 Å². The largest absolute Gasteiger partial charge is 0.494 e. The number of carbonyl (C=O) groups excluding carboxylic acids is 1. The summed E-state index contributed by atoms with van der Waals surface area (Å²) in [5.74, 6) is 1.17. The summed E-state index contributed by atoms with van der Waals surface area (Å²) in [6.07, 6.45) is 0.525. The second-order valence-corrected chi connectivity index (χ2v) is 5.45. The van der Waals surface area contributed by atoms with E-state index >= 15 is 0 Å². The fourth-order valence-corrected chi connectivity index (χ4v) is 2.76. The van der Waals surface area contributed by atoms with Crippen molar-refractivity contribution in [3.8, 4) is 5.75 Å². The first-order valence-electron chi connectivity index (χ1n) is 6.76. The maximum Gasteiger partial charge on any atom is 0.227 e. The van der Waals surface area contributed by atoms with Crippen molar-refractivity contribution >= 4 is 11.6 Å². The highest BCUT2D eigenvalue weighted by atomic mass is 16.5. The second-order valence-electron chi connectivity index (χ2n) is 5.45. The zero-order chi connectivity index (χ0) is 14.0. The van der Waals surface area contributed by atoms with Crippen molar-refractivity contribution in [3.63, 3.8) is 0 Å². The van der Waals surface area contributed by atoms with Gasteiger partial charge in [0, 0.05) is 23.6 Å². The van der Waals surface area contributed by atoms with Crippen molar-refractivity contribution in [3.05, 3.63) is 24.3 Å². The van der Waals surface area contributed by atoms with Gasteiger partial charge in [0.15, 0.2) is 0 Å². The fraction of sp³-hybridized carbons (Fsp3) is 0.533. The Labute approximate surface area is 114 Å². The third kappa shape index (κ3) is 2.45. The summed E-state index contributed by atoms with van der Waals surface area (Å²) >= 11 is 0. The number of rotatable bonds is 4. The standard InChI is InChI=1S/C15H22N2O2/c1-4-19-13-7-5-12(6-8-13)17-14(18)9-11(10-16)15(17,2)3/h5-8,11H,4,9-10,16H2,1-3H3. The van der Waals surface area contributed by atoms with Crippen LogP contribution in [0.4, 0.5) is 5.69 Å². The number of hydrogen-bond donors (Lipinski definition) is 1. The summed E-state index contributed by atoms with van der Waals surface area (Å²) in [5, 5.41) is 0. The molecule has 0 spiro atoms. The minimum Gasteiger partial charge on any atom is -0.494 e. The summed E-state index contributed by atoms with van der Waals surface area (Å²) in [5.41, 5.74) is 6.45. The smallest absolute Gasteiger partial charge is 0.227 e. The molecule has 1 fully saturated rings. The lowest BCUT2D eigenvalue weighted by Crippen LogP contribution is -2.46. The van der Waals surface area contributed by atoms with Gasteiger partial charge in [-0.25, -0.2) is 0 Å². The van der Waals surface area contributed by atoms with E-state index in [1.54, 1.807) is 0 Å². The van der Waals surface area contributed by atoms with E-state index in [1.165, 1.54) is 0 Å². The highest BCUT2D eigenvalue weighted by Gasteiger charge is 2.45. The maximum atomic E-state index is 12.2. The Hall–Kier alpha value is -1.55. The summed E-state index contributed by atoms with van der Waals surface area (Å²) in [7, 11) is 0. The first-order valence-corrected chi connectivity index (χ1v) is 6.76. The lowest BCUT2D eigenvalue weighted by Gasteiger charge is -2.35. The summed E-state index contributed by atoms with van der Waals surface area (Å²) in [4.78, 5) is 14.1. The molecule has 4 heteroatoms. The van der Waals surface area contributed by atoms with Gasteiger partial charge in [0.25, 0.3) is 0 Å². The van der Waals surface area contributed by atoms with E-state index < -0.39 is 0 Å². The summed E-state index contributed by atoms with van der Waals surface area (Å²) in [6.45, 7) is 7.28. The predicted octanol–water partition coefficient (Wildman–Crippen LogP) is 2.18. The Balaban J connectivity index is 2.27. The molecular weight excluding hydrogens is 240 g/mol. The van der Waals surface area contributed by atoms with Crippen LogP contribution in [0.2, 0.25) is 0 Å². The van der Waals surface area contributed by atoms with Crippen molar-refractivity contribution in [2.45, 2.75) is 32.7 Å². The van der Waals surface area contributed by atoms with E-state index in [0.29, 0.717) is 19.6 Å². The number of nitrogens with two attached hydrogens (primary N) is 1. The molecule has 104 valence electrons. The average Bonchev–Trinajstić information content (AvgIpc) is 2.60. The first-order chi connectivity index (χ1) is 9.00. The van der Waals surface area contributed by atoms with Crippen molar-refractivity contribution in [2.75, 3.05) is 18.1 Å². The molecule has 2 N–H and O–H groups in total. The van der Waals surface area contributed by atoms with Gasteiger partial charge in [-0.1, -0.05) is 0 Å². The predicted molar refractivity (Wildman–Crippen MR) is 76.3 cm³/mol. The zero-order valence-electron chi connectivity index (χ0n) is 11.8. The molecule has 0 saturated carbocycles. The van der Waals surface area contributed by atoms with Gasteiger partial charge in [-0.15, -0.1) is 0 Å². The van der Waals surface area contributed by atoms with Gasteiger partial charge in [0.05, 0.1) is 6.61 Å². The van der Waals surface area contributed by atoms with Gasteiger partial charge >= 0.3 is 0 Å². The molecule has 0 aromatic heterocycles. The van der Waals surface area contributed by atoms with E-state index in [1.807, 2.05) is 36.1 Å². The van der Waals surface area contributed by atoms with Gasteiger partial charge in [0.2, 0.25) is 5.91 Å². The summed E-state index contributed by atoms with van der Waals surface area (Å²) in [6, 6.07) is 7.67. The number of ether oxygens (including phenoxy) is 1. The van der Waals surface area contributed by atoms with Crippen LogP contribution in [0.15, 0.2) is 24.3 Å². The molecule has 19 heavy (non-hydrogen) atoms. The van der Waals surface area contributed by atoms with Gasteiger partial charge in [-0.3, -0.25) is 4.79 Å². The van der Waals surface area contributed by atoms with E-state index in [-0.39, 0.29) is 17.4 Å². The minimum atomic E-state index is -0.237. The molecule has 1 heterocycles. The van der Waals surface area contributed by atoms with Crippen LogP contribution in [0.25, 0.3) is 0 Å². The molecule has 0 radical (unpaired) electrons. The Kier molecular flexibility index (Phi) is 3.80. The van der Waals surface area contributed by atoms with Crippen molar-refractivity contribution in [1.29, 1.82) is 0 Å². The molecule has 1 aliphatic heterocycles. The monoisotopic (exact) mass is 262 g/mol. The lowest BCUT2D eigenvalue weighted by atomic mass is 9.88. The summed E-state index contributed by atoms with van der Waals surface area (Å²) < 4.78 is 5.42. The van der Waals surface area contributed by atoms with Crippen LogP contribution in [0.3, 0.4) is 0 Å². The molecule has 1 aromatic carbocycles. The molecule has 0 bridgehead atoms. The van der Waals surface area contributed by atoms with Crippen molar-refractivity contribution in [1.82, 2.24) is 0 Å². The van der Waals surface area contributed by atoms with Gasteiger partial charge in [-0.2, -0.15) is 0 Å². The number of nitrogens with zero attached hydrogens (tertiary/aromatic N) is 1. The normalized spacial score (nSPS) is 21.8. The molecule has 0 aliphatic carbocycles. The third-order valence-corrected chi connectivity index (χ3v) is 3.94. The molecule has 4 nitrogen and oxygen atoms in total. The molecular formula is C15H22N2O2. The Bertz CT molecular complexity index is 454. The molecule has 1 saturated heterocycles. The molecule has 1 aromatic rings. The van der Waals surface area contributed by atoms with Crippen LogP contribution in [0.1, 0.15) is 27.2 Å². The number of anilines is 1. The number of amides is 1. The van der Waals surface area contributed by atoms with Crippen LogP contribution < -0.4 is 15.4 Å². The Morgan fingerprint density at radius 3 is 2.47 bits per heavy atom. The van der Waals surface area contributed by atoms with Gasteiger partial charge in [-0.05, 0) is 51.6 Å². The third-order valence-electron chi connectivity index (χ3n) is 3.94. The van der Waals surface area contributed by atoms with Gasteiger partial charge < -0.3 is 15.4 Å². The molecule has 1 amide bonds. The number of carbonyl (C=O) groups is 1. The molecule has 1 atom stereocenters. The van der Waals surface area contributed by atoms with Crippen molar-refractivity contribution < 1.29 is 9.53 Å². The van der Waals surface area contributed by atoms with Crippen molar-refractivity contribution in [2.24, 2.45) is 11.7 Å². The average molecular weight is 262 g/mol. The minimum absolute atomic E-state index is 0.143. The van der Waals surface area contributed by atoms with E-state index in [2.05, 4.69) is 13.8 Å². The van der Waals surface area contributed by atoms with Crippen LogP contribution in [0.5, 0.6) is 5.75 Å². The quantitative estimate of drug-likeness (QED) is 0.904. The van der Waals surface area contributed by atoms with E-state index in [9.17, 15) is 4.79 Å². The Morgan fingerprint density at radius 2 is 2.00 bits per heavy atom. The Morgan fingerprint density at radius 1 is 1.37 bits per heavy atom.